The van der Waals surface area contributed by atoms with E-state index in [1.807, 2.05) is 4.90 Å². The first kappa shape index (κ1) is 18.6. The van der Waals surface area contributed by atoms with E-state index >= 15 is 0 Å². The second-order valence-electron chi connectivity index (χ2n) is 8.38. The van der Waals surface area contributed by atoms with E-state index in [4.69, 9.17) is 4.52 Å². The molecule has 0 spiro atoms. The van der Waals surface area contributed by atoms with E-state index in [0.717, 1.165) is 32.4 Å². The summed E-state index contributed by atoms with van der Waals surface area (Å²) in [5.74, 6) is 1.73. The van der Waals surface area contributed by atoms with E-state index < -0.39 is 0 Å². The smallest absolute Gasteiger partial charge is 0.230 e. The van der Waals surface area contributed by atoms with E-state index in [1.165, 1.54) is 11.1 Å². The van der Waals surface area contributed by atoms with Crippen molar-refractivity contribution in [3.8, 4) is 0 Å². The standard InChI is InChI=1S/C21H29N3O2/c1-15-22-19(23-26-15)14-20(25)24-11-9-17(10-12-24)13-16-5-7-18(8-6-16)21(2,3)4/h5-8,17H,9-14H2,1-4H3. The van der Waals surface area contributed by atoms with Crippen LogP contribution in [0.1, 0.15) is 56.5 Å². The van der Waals surface area contributed by atoms with E-state index in [1.54, 1.807) is 6.92 Å². The predicted octanol–water partition coefficient (Wildman–Crippen LogP) is 3.70. The topological polar surface area (TPSA) is 59.2 Å². The number of carbonyl (C=O) groups excluding carboxylic acids is 1. The van der Waals surface area contributed by atoms with Crippen LogP contribution in [-0.4, -0.2) is 34.0 Å². The van der Waals surface area contributed by atoms with Crippen LogP contribution in [0.25, 0.3) is 0 Å². The lowest BCUT2D eigenvalue weighted by atomic mass is 9.85. The van der Waals surface area contributed by atoms with Gasteiger partial charge < -0.3 is 9.42 Å². The fraction of sp³-hybridized carbons (Fsp3) is 0.571. The van der Waals surface area contributed by atoms with Gasteiger partial charge in [-0.2, -0.15) is 4.98 Å². The van der Waals surface area contributed by atoms with Gasteiger partial charge in [-0.1, -0.05) is 50.2 Å². The van der Waals surface area contributed by atoms with Crippen LogP contribution in [0.4, 0.5) is 0 Å². The van der Waals surface area contributed by atoms with Gasteiger partial charge in [-0.25, -0.2) is 0 Å². The Morgan fingerprint density at radius 2 is 1.85 bits per heavy atom. The summed E-state index contributed by atoms with van der Waals surface area (Å²) >= 11 is 0. The Morgan fingerprint density at radius 1 is 1.19 bits per heavy atom. The Balaban J connectivity index is 1.48. The lowest BCUT2D eigenvalue weighted by Crippen LogP contribution is -2.39. The maximum Gasteiger partial charge on any atom is 0.230 e. The first-order chi connectivity index (χ1) is 12.3. The zero-order valence-electron chi connectivity index (χ0n) is 16.3. The molecule has 0 atom stereocenters. The molecule has 2 heterocycles. The molecule has 26 heavy (non-hydrogen) atoms. The second-order valence-corrected chi connectivity index (χ2v) is 8.38. The second kappa shape index (κ2) is 7.60. The maximum atomic E-state index is 12.4. The molecule has 1 saturated heterocycles. The lowest BCUT2D eigenvalue weighted by Gasteiger charge is -2.32. The molecule has 0 bridgehead atoms. The fourth-order valence-corrected chi connectivity index (χ4v) is 3.52. The van der Waals surface area contributed by atoms with Gasteiger partial charge in [-0.3, -0.25) is 4.79 Å². The zero-order chi connectivity index (χ0) is 18.7. The van der Waals surface area contributed by atoms with Crippen molar-refractivity contribution in [1.29, 1.82) is 0 Å². The number of rotatable bonds is 4. The van der Waals surface area contributed by atoms with Crippen molar-refractivity contribution >= 4 is 5.91 Å². The minimum Gasteiger partial charge on any atom is -0.342 e. The molecule has 1 aromatic heterocycles. The number of benzene rings is 1. The summed E-state index contributed by atoms with van der Waals surface area (Å²) in [5.41, 5.74) is 2.96. The first-order valence-electron chi connectivity index (χ1n) is 9.47. The van der Waals surface area contributed by atoms with Crippen molar-refractivity contribution < 1.29 is 9.32 Å². The molecule has 1 aromatic carbocycles. The van der Waals surface area contributed by atoms with Gasteiger partial charge in [0.25, 0.3) is 0 Å². The minimum absolute atomic E-state index is 0.0961. The molecule has 0 radical (unpaired) electrons. The summed E-state index contributed by atoms with van der Waals surface area (Å²) in [4.78, 5) is 18.4. The first-order valence-corrected chi connectivity index (χ1v) is 9.47. The molecule has 0 aliphatic carbocycles. The third-order valence-corrected chi connectivity index (χ3v) is 5.19. The summed E-state index contributed by atoms with van der Waals surface area (Å²) in [6.07, 6.45) is 3.43. The molecule has 0 saturated carbocycles. The van der Waals surface area contributed by atoms with Crippen LogP contribution < -0.4 is 0 Å². The molecular weight excluding hydrogens is 326 g/mol. The van der Waals surface area contributed by atoms with E-state index in [-0.39, 0.29) is 17.7 Å². The molecule has 0 unspecified atom stereocenters. The molecule has 3 rings (SSSR count). The highest BCUT2D eigenvalue weighted by atomic mass is 16.5. The number of hydrogen-bond acceptors (Lipinski definition) is 4. The quantitative estimate of drug-likeness (QED) is 0.839. The third-order valence-electron chi connectivity index (χ3n) is 5.19. The van der Waals surface area contributed by atoms with Crippen molar-refractivity contribution in [1.82, 2.24) is 15.0 Å². The lowest BCUT2D eigenvalue weighted by molar-refractivity contribution is -0.132. The molecule has 1 aliphatic heterocycles. The minimum atomic E-state index is 0.0961. The van der Waals surface area contributed by atoms with Gasteiger partial charge >= 0.3 is 0 Å². The number of aryl methyl sites for hydroxylation is 1. The van der Waals surface area contributed by atoms with Crippen LogP contribution in [0.3, 0.4) is 0 Å². The molecule has 5 heteroatoms. The summed E-state index contributed by atoms with van der Waals surface area (Å²) in [5, 5.41) is 3.81. The molecule has 5 nitrogen and oxygen atoms in total. The van der Waals surface area contributed by atoms with Crippen molar-refractivity contribution in [2.45, 2.75) is 58.8 Å². The van der Waals surface area contributed by atoms with Crippen LogP contribution in [0.15, 0.2) is 28.8 Å². The van der Waals surface area contributed by atoms with Crippen LogP contribution >= 0.6 is 0 Å². The number of piperidine rings is 1. The Morgan fingerprint density at radius 3 is 2.38 bits per heavy atom. The summed E-state index contributed by atoms with van der Waals surface area (Å²) in [7, 11) is 0. The van der Waals surface area contributed by atoms with Crippen molar-refractivity contribution in [2.24, 2.45) is 5.92 Å². The third kappa shape index (κ3) is 4.71. The number of amides is 1. The predicted molar refractivity (Wildman–Crippen MR) is 101 cm³/mol. The van der Waals surface area contributed by atoms with Crippen molar-refractivity contribution in [3.63, 3.8) is 0 Å². The Labute approximate surface area is 155 Å². The highest BCUT2D eigenvalue weighted by molar-refractivity contribution is 5.78. The molecule has 1 fully saturated rings. The highest BCUT2D eigenvalue weighted by Crippen LogP contribution is 2.25. The Hall–Kier alpha value is -2.17. The van der Waals surface area contributed by atoms with E-state index in [2.05, 4.69) is 55.2 Å². The van der Waals surface area contributed by atoms with Gasteiger partial charge in [0.15, 0.2) is 5.82 Å². The van der Waals surface area contributed by atoms with Crippen molar-refractivity contribution in [3.05, 3.63) is 47.1 Å². The van der Waals surface area contributed by atoms with Crippen molar-refractivity contribution in [2.75, 3.05) is 13.1 Å². The normalized spacial score (nSPS) is 16.1. The van der Waals surface area contributed by atoms with Gasteiger partial charge in [-0.15, -0.1) is 0 Å². The van der Waals surface area contributed by atoms with E-state index in [0.29, 0.717) is 17.6 Å². The SMILES string of the molecule is Cc1nc(CC(=O)N2CCC(Cc3ccc(C(C)(C)C)cc3)CC2)no1. The maximum absolute atomic E-state index is 12.4. The molecule has 0 N–H and O–H groups in total. The fourth-order valence-electron chi connectivity index (χ4n) is 3.52. The van der Waals surface area contributed by atoms with Gasteiger partial charge in [0.1, 0.15) is 0 Å². The Kier molecular flexibility index (Phi) is 5.44. The van der Waals surface area contributed by atoms with Gasteiger partial charge in [0.05, 0.1) is 6.42 Å². The van der Waals surface area contributed by atoms with Crippen LogP contribution in [0, 0.1) is 12.8 Å². The molecule has 1 amide bonds. The largest absolute Gasteiger partial charge is 0.342 e. The van der Waals surface area contributed by atoms with Gasteiger partial charge in [0.2, 0.25) is 11.8 Å². The summed E-state index contributed by atoms with van der Waals surface area (Å²) < 4.78 is 4.93. The highest BCUT2D eigenvalue weighted by Gasteiger charge is 2.24. The summed E-state index contributed by atoms with van der Waals surface area (Å²) in [6.45, 7) is 10.1. The Bertz CT molecular complexity index is 735. The molecule has 1 aliphatic rings. The zero-order valence-corrected chi connectivity index (χ0v) is 16.3. The van der Waals surface area contributed by atoms with Crippen LogP contribution in [-0.2, 0) is 23.1 Å². The average molecular weight is 355 g/mol. The van der Waals surface area contributed by atoms with Crippen LogP contribution in [0.2, 0.25) is 0 Å². The number of likely N-dealkylation sites (tertiary alicyclic amines) is 1. The molecule has 2 aromatic rings. The van der Waals surface area contributed by atoms with E-state index in [9.17, 15) is 4.79 Å². The number of aromatic nitrogens is 2. The summed E-state index contributed by atoms with van der Waals surface area (Å²) in [6, 6.07) is 9.02. The molecule has 140 valence electrons. The monoisotopic (exact) mass is 355 g/mol. The van der Waals surface area contributed by atoms with Crippen LogP contribution in [0.5, 0.6) is 0 Å². The van der Waals surface area contributed by atoms with Gasteiger partial charge in [0, 0.05) is 20.0 Å². The number of hydrogen-bond donors (Lipinski definition) is 0. The number of nitrogens with zero attached hydrogens (tertiary/aromatic N) is 3. The molecular formula is C21H29N3O2. The van der Waals surface area contributed by atoms with Gasteiger partial charge in [-0.05, 0) is 41.7 Å². The average Bonchev–Trinajstić information content (AvgIpc) is 3.00. The number of carbonyl (C=O) groups is 1.